The fourth-order valence-corrected chi connectivity index (χ4v) is 1.54. The first-order chi connectivity index (χ1) is 6.98. The Balaban J connectivity index is 3.08. The molecule has 0 saturated heterocycles. The molecule has 0 fully saturated rings. The molecule has 84 valence electrons. The van der Waals surface area contributed by atoms with Crippen LogP contribution in [0.5, 0.6) is 11.6 Å². The van der Waals surface area contributed by atoms with Crippen molar-refractivity contribution in [2.24, 2.45) is 0 Å². The molecular formula is C8H12N2O4S. The second-order valence-electron chi connectivity index (χ2n) is 2.76. The summed E-state index contributed by atoms with van der Waals surface area (Å²) >= 11 is 0. The van der Waals surface area contributed by atoms with E-state index in [2.05, 4.69) is 9.71 Å². The normalized spacial score (nSPS) is 11.1. The van der Waals surface area contributed by atoms with Crippen molar-refractivity contribution in [1.82, 2.24) is 4.98 Å². The summed E-state index contributed by atoms with van der Waals surface area (Å²) in [5.74, 6) is -0.0827. The largest absolute Gasteiger partial charge is 0.506 e. The fraction of sp³-hybridized carbons (Fsp3) is 0.375. The Morgan fingerprint density at radius 2 is 2.27 bits per heavy atom. The predicted octanol–water partition coefficient (Wildman–Crippen LogP) is 0.557. The molecule has 0 aliphatic carbocycles. The average Bonchev–Trinajstić information content (AvgIpc) is 2.18. The Morgan fingerprint density at radius 1 is 1.60 bits per heavy atom. The molecule has 0 aliphatic rings. The summed E-state index contributed by atoms with van der Waals surface area (Å²) in [4.78, 5) is 3.72. The number of hydrogen-bond donors (Lipinski definition) is 2. The number of ether oxygens (including phenoxy) is 1. The summed E-state index contributed by atoms with van der Waals surface area (Å²) < 4.78 is 29.6. The highest BCUT2D eigenvalue weighted by Gasteiger charge is 2.12. The topological polar surface area (TPSA) is 88.5 Å². The van der Waals surface area contributed by atoms with Crippen LogP contribution in [0.25, 0.3) is 0 Å². The fourth-order valence-electron chi connectivity index (χ4n) is 0.917. The maximum Gasteiger partial charge on any atom is 0.238 e. The van der Waals surface area contributed by atoms with E-state index in [4.69, 9.17) is 9.84 Å². The number of aromatic hydroxyl groups is 1. The van der Waals surface area contributed by atoms with Gasteiger partial charge >= 0.3 is 0 Å². The number of nitrogens with zero attached hydrogens (tertiary/aromatic N) is 1. The van der Waals surface area contributed by atoms with Crippen molar-refractivity contribution in [3.63, 3.8) is 0 Å². The van der Waals surface area contributed by atoms with E-state index in [9.17, 15) is 8.42 Å². The van der Waals surface area contributed by atoms with Crippen LogP contribution < -0.4 is 9.46 Å². The number of aromatic nitrogens is 1. The molecule has 1 aromatic rings. The molecule has 0 aromatic carbocycles. The number of nitrogens with one attached hydrogen (secondary N) is 1. The minimum Gasteiger partial charge on any atom is -0.506 e. The Hall–Kier alpha value is -1.50. The second kappa shape index (κ2) is 4.35. The number of rotatable bonds is 4. The molecule has 6 nitrogen and oxygen atoms in total. The van der Waals surface area contributed by atoms with Gasteiger partial charge < -0.3 is 9.84 Å². The first kappa shape index (κ1) is 11.6. The maximum absolute atomic E-state index is 11.3. The Labute approximate surface area is 88.0 Å². The molecule has 7 heteroatoms. The molecule has 0 spiro atoms. The molecule has 1 heterocycles. The van der Waals surface area contributed by atoms with E-state index in [0.717, 1.165) is 0 Å². The van der Waals surface area contributed by atoms with Crippen molar-refractivity contribution < 1.29 is 18.3 Å². The Morgan fingerprint density at radius 3 is 2.80 bits per heavy atom. The molecular weight excluding hydrogens is 220 g/mol. The summed E-state index contributed by atoms with van der Waals surface area (Å²) in [5.41, 5.74) is 0.124. The van der Waals surface area contributed by atoms with Gasteiger partial charge in [0, 0.05) is 6.07 Å². The van der Waals surface area contributed by atoms with Crippen LogP contribution in [-0.2, 0) is 10.0 Å². The lowest BCUT2D eigenvalue weighted by Gasteiger charge is -2.09. The van der Waals surface area contributed by atoms with Crippen molar-refractivity contribution in [2.45, 2.75) is 6.92 Å². The molecule has 0 radical (unpaired) electrons. The molecule has 0 unspecified atom stereocenters. The number of hydrogen-bond acceptors (Lipinski definition) is 5. The van der Waals surface area contributed by atoms with Gasteiger partial charge in [0.25, 0.3) is 0 Å². The number of methoxy groups -OCH3 is 1. The molecule has 2 N–H and O–H groups in total. The molecule has 0 saturated carbocycles. The van der Waals surface area contributed by atoms with Gasteiger partial charge in [-0.25, -0.2) is 13.4 Å². The van der Waals surface area contributed by atoms with Gasteiger partial charge in [-0.1, -0.05) is 0 Å². The third kappa shape index (κ3) is 2.98. The number of anilines is 1. The monoisotopic (exact) mass is 232 g/mol. The van der Waals surface area contributed by atoms with Gasteiger partial charge in [-0.15, -0.1) is 0 Å². The molecule has 1 aromatic heterocycles. The molecule has 0 atom stereocenters. The third-order valence-electron chi connectivity index (χ3n) is 1.68. The van der Waals surface area contributed by atoms with E-state index in [1.807, 2.05) is 0 Å². The predicted molar refractivity (Wildman–Crippen MR) is 55.5 cm³/mol. The number of sulfonamides is 1. The van der Waals surface area contributed by atoms with Crippen LogP contribution in [0.15, 0.2) is 12.3 Å². The molecule has 1 rings (SSSR count). The smallest absolute Gasteiger partial charge is 0.238 e. The van der Waals surface area contributed by atoms with E-state index in [-0.39, 0.29) is 23.1 Å². The standard InChI is InChI=1S/C8H12N2O4S/c1-3-15(12,13)10-7-4-6(11)5-9-8(7)14-2/h4-5,10-11H,3H2,1-2H3. The molecule has 0 amide bonds. The van der Waals surface area contributed by atoms with E-state index in [1.165, 1.54) is 26.3 Å². The zero-order chi connectivity index (χ0) is 11.5. The average molecular weight is 232 g/mol. The van der Waals surface area contributed by atoms with Crippen LogP contribution in [0.4, 0.5) is 5.69 Å². The molecule has 15 heavy (non-hydrogen) atoms. The SMILES string of the molecule is CCS(=O)(=O)Nc1cc(O)cnc1OC. The first-order valence-corrected chi connectivity index (χ1v) is 5.87. The van der Waals surface area contributed by atoms with Gasteiger partial charge in [0.05, 0.1) is 19.1 Å². The highest BCUT2D eigenvalue weighted by atomic mass is 32.2. The lowest BCUT2D eigenvalue weighted by molar-refractivity contribution is 0.396. The highest BCUT2D eigenvalue weighted by molar-refractivity contribution is 7.92. The summed E-state index contributed by atoms with van der Waals surface area (Å²) in [5, 5.41) is 9.15. The van der Waals surface area contributed by atoms with Crippen molar-refractivity contribution >= 4 is 15.7 Å². The van der Waals surface area contributed by atoms with Crippen LogP contribution in [0, 0.1) is 0 Å². The van der Waals surface area contributed by atoms with Crippen LogP contribution in [0.2, 0.25) is 0 Å². The zero-order valence-corrected chi connectivity index (χ0v) is 9.21. The van der Waals surface area contributed by atoms with E-state index in [1.54, 1.807) is 0 Å². The lowest BCUT2D eigenvalue weighted by atomic mass is 10.4. The second-order valence-corrected chi connectivity index (χ2v) is 4.77. The van der Waals surface area contributed by atoms with Crippen molar-refractivity contribution in [3.8, 4) is 11.6 Å². The van der Waals surface area contributed by atoms with Crippen LogP contribution in [0.1, 0.15) is 6.92 Å². The van der Waals surface area contributed by atoms with E-state index in [0.29, 0.717) is 0 Å². The van der Waals surface area contributed by atoms with E-state index < -0.39 is 10.0 Å². The van der Waals surface area contributed by atoms with Gasteiger partial charge in [-0.2, -0.15) is 0 Å². The molecule has 0 bridgehead atoms. The highest BCUT2D eigenvalue weighted by Crippen LogP contribution is 2.25. The van der Waals surface area contributed by atoms with Crippen molar-refractivity contribution in [3.05, 3.63) is 12.3 Å². The summed E-state index contributed by atoms with van der Waals surface area (Å²) in [7, 11) is -2.04. The van der Waals surface area contributed by atoms with Gasteiger partial charge in [0.15, 0.2) is 0 Å². The first-order valence-electron chi connectivity index (χ1n) is 4.22. The van der Waals surface area contributed by atoms with Crippen LogP contribution >= 0.6 is 0 Å². The minimum atomic E-state index is -3.40. The Bertz CT molecular complexity index is 444. The summed E-state index contributed by atoms with van der Waals surface area (Å²) in [6.45, 7) is 1.50. The summed E-state index contributed by atoms with van der Waals surface area (Å²) in [6.07, 6.45) is 1.17. The minimum absolute atomic E-state index is 0.0637. The van der Waals surface area contributed by atoms with Crippen molar-refractivity contribution in [1.29, 1.82) is 0 Å². The lowest BCUT2D eigenvalue weighted by Crippen LogP contribution is -2.15. The Kier molecular flexibility index (Phi) is 3.35. The number of pyridine rings is 1. The van der Waals surface area contributed by atoms with Gasteiger partial charge in [-0.05, 0) is 6.92 Å². The summed E-state index contributed by atoms with van der Waals surface area (Å²) in [6, 6.07) is 1.24. The van der Waals surface area contributed by atoms with Gasteiger partial charge in [0.1, 0.15) is 11.4 Å². The zero-order valence-electron chi connectivity index (χ0n) is 8.39. The van der Waals surface area contributed by atoms with Crippen LogP contribution in [-0.4, -0.2) is 31.4 Å². The third-order valence-corrected chi connectivity index (χ3v) is 2.97. The van der Waals surface area contributed by atoms with Crippen LogP contribution in [0.3, 0.4) is 0 Å². The van der Waals surface area contributed by atoms with Gasteiger partial charge in [0.2, 0.25) is 15.9 Å². The quantitative estimate of drug-likeness (QED) is 0.791. The van der Waals surface area contributed by atoms with E-state index >= 15 is 0 Å². The maximum atomic E-state index is 11.3. The van der Waals surface area contributed by atoms with Crippen molar-refractivity contribution in [2.75, 3.05) is 17.6 Å². The van der Waals surface area contributed by atoms with Gasteiger partial charge in [-0.3, -0.25) is 4.72 Å². The molecule has 0 aliphatic heterocycles.